The molecule has 2 aromatic carbocycles. The third-order valence-corrected chi connectivity index (χ3v) is 6.43. The maximum absolute atomic E-state index is 13.7. The molecule has 7 nitrogen and oxygen atoms in total. The van der Waals surface area contributed by atoms with Crippen LogP contribution < -0.4 is 5.32 Å². The number of amides is 1. The zero-order valence-electron chi connectivity index (χ0n) is 15.2. The molecule has 1 fully saturated rings. The zero-order valence-corrected chi connectivity index (χ0v) is 16.8. The fourth-order valence-electron chi connectivity index (χ4n) is 2.87. The van der Waals surface area contributed by atoms with Crippen LogP contribution in [0.15, 0.2) is 47.4 Å². The van der Waals surface area contributed by atoms with Crippen molar-refractivity contribution in [3.05, 3.63) is 58.9 Å². The Morgan fingerprint density at radius 2 is 1.86 bits per heavy atom. The van der Waals surface area contributed by atoms with E-state index in [2.05, 4.69) is 5.32 Å². The number of benzene rings is 2. The average Bonchev–Trinajstić information content (AvgIpc) is 3.24. The van der Waals surface area contributed by atoms with Crippen molar-refractivity contribution in [3.8, 4) is 0 Å². The van der Waals surface area contributed by atoms with Gasteiger partial charge in [-0.2, -0.15) is 4.31 Å². The molecule has 1 aliphatic rings. The average molecular weight is 441 g/mol. The van der Waals surface area contributed by atoms with Gasteiger partial charge in [0.15, 0.2) is 6.61 Å². The Bertz CT molecular complexity index is 1040. The fraction of sp³-hybridized carbons (Fsp3) is 0.263. The largest absolute Gasteiger partial charge is 0.452 e. The van der Waals surface area contributed by atoms with Crippen molar-refractivity contribution in [2.45, 2.75) is 17.7 Å². The summed E-state index contributed by atoms with van der Waals surface area (Å²) in [5, 5.41) is 2.61. The molecule has 29 heavy (non-hydrogen) atoms. The molecule has 0 aliphatic carbocycles. The molecule has 0 saturated carbocycles. The van der Waals surface area contributed by atoms with E-state index in [1.165, 1.54) is 34.6 Å². The lowest BCUT2D eigenvalue weighted by molar-refractivity contribution is -0.119. The number of rotatable bonds is 6. The predicted octanol–water partition coefficient (Wildman–Crippen LogP) is 3.06. The Labute approximate surface area is 172 Å². The molecule has 1 heterocycles. The quantitative estimate of drug-likeness (QED) is 0.697. The van der Waals surface area contributed by atoms with Crippen molar-refractivity contribution in [2.75, 3.05) is 25.0 Å². The zero-order chi connectivity index (χ0) is 21.0. The molecule has 154 valence electrons. The van der Waals surface area contributed by atoms with Gasteiger partial charge in [-0.25, -0.2) is 17.6 Å². The highest BCUT2D eigenvalue weighted by atomic mass is 35.5. The lowest BCUT2D eigenvalue weighted by Crippen LogP contribution is -2.28. The summed E-state index contributed by atoms with van der Waals surface area (Å²) in [4.78, 5) is 24.0. The number of sulfonamides is 1. The first-order valence-electron chi connectivity index (χ1n) is 8.79. The summed E-state index contributed by atoms with van der Waals surface area (Å²) in [7, 11) is -3.63. The van der Waals surface area contributed by atoms with E-state index in [0.29, 0.717) is 13.1 Å². The van der Waals surface area contributed by atoms with Crippen LogP contribution in [0.1, 0.15) is 23.2 Å². The molecule has 1 aliphatic heterocycles. The van der Waals surface area contributed by atoms with Crippen LogP contribution >= 0.6 is 11.6 Å². The monoisotopic (exact) mass is 440 g/mol. The van der Waals surface area contributed by atoms with Gasteiger partial charge < -0.3 is 10.1 Å². The highest BCUT2D eigenvalue weighted by Crippen LogP contribution is 2.23. The Hall–Kier alpha value is -2.49. The topological polar surface area (TPSA) is 92.8 Å². The molecule has 2 aromatic rings. The molecular formula is C19H18ClFN2O5S. The number of ether oxygens (including phenoxy) is 1. The first-order valence-corrected chi connectivity index (χ1v) is 10.6. The number of esters is 1. The van der Waals surface area contributed by atoms with Crippen LogP contribution in [0.4, 0.5) is 10.1 Å². The highest BCUT2D eigenvalue weighted by Gasteiger charge is 2.27. The van der Waals surface area contributed by atoms with Gasteiger partial charge in [-0.1, -0.05) is 17.7 Å². The van der Waals surface area contributed by atoms with Gasteiger partial charge in [0.2, 0.25) is 10.0 Å². The summed E-state index contributed by atoms with van der Waals surface area (Å²) in [6.07, 6.45) is 1.63. The van der Waals surface area contributed by atoms with E-state index in [1.807, 2.05) is 0 Å². The van der Waals surface area contributed by atoms with E-state index < -0.39 is 34.3 Å². The number of nitrogens with zero attached hydrogens (tertiary/aromatic N) is 1. The summed E-state index contributed by atoms with van der Waals surface area (Å²) in [6, 6.07) is 9.21. The first-order chi connectivity index (χ1) is 13.8. The van der Waals surface area contributed by atoms with E-state index in [-0.39, 0.29) is 21.2 Å². The normalized spacial score (nSPS) is 14.6. The van der Waals surface area contributed by atoms with Crippen LogP contribution in [-0.2, 0) is 19.6 Å². The molecule has 3 rings (SSSR count). The van der Waals surface area contributed by atoms with Gasteiger partial charge in [0.1, 0.15) is 5.82 Å². The molecule has 0 spiro atoms. The number of anilines is 1. The maximum Gasteiger partial charge on any atom is 0.341 e. The van der Waals surface area contributed by atoms with Gasteiger partial charge in [0.05, 0.1) is 10.5 Å². The highest BCUT2D eigenvalue weighted by molar-refractivity contribution is 7.89. The Morgan fingerprint density at radius 1 is 1.14 bits per heavy atom. The predicted molar refractivity (Wildman–Crippen MR) is 105 cm³/mol. The molecule has 1 N–H and O–H groups in total. The number of hydrogen-bond acceptors (Lipinski definition) is 5. The third kappa shape index (κ3) is 5.11. The Kier molecular flexibility index (Phi) is 6.51. The van der Waals surface area contributed by atoms with Crippen LogP contribution in [0.25, 0.3) is 0 Å². The van der Waals surface area contributed by atoms with E-state index in [9.17, 15) is 22.4 Å². The second-order valence-corrected chi connectivity index (χ2v) is 8.76. The molecule has 10 heteroatoms. The molecule has 0 radical (unpaired) electrons. The van der Waals surface area contributed by atoms with Gasteiger partial charge in [-0.05, 0) is 49.2 Å². The lowest BCUT2D eigenvalue weighted by Gasteiger charge is -2.16. The van der Waals surface area contributed by atoms with Crippen molar-refractivity contribution in [1.82, 2.24) is 4.31 Å². The van der Waals surface area contributed by atoms with Crippen LogP contribution in [0.5, 0.6) is 0 Å². The molecule has 0 aromatic heterocycles. The third-order valence-electron chi connectivity index (χ3n) is 4.30. The number of hydrogen-bond donors (Lipinski definition) is 1. The molecule has 1 amide bonds. The summed E-state index contributed by atoms with van der Waals surface area (Å²) >= 11 is 5.72. The smallest absolute Gasteiger partial charge is 0.341 e. The van der Waals surface area contributed by atoms with Crippen LogP contribution in [0, 0.1) is 5.82 Å². The summed E-state index contributed by atoms with van der Waals surface area (Å²) in [6.45, 7) is 0.262. The molecule has 0 bridgehead atoms. The minimum absolute atomic E-state index is 0.0650. The second kappa shape index (κ2) is 8.89. The Balaban J connectivity index is 1.62. The second-order valence-electron chi connectivity index (χ2n) is 6.39. The molecular weight excluding hydrogens is 423 g/mol. The van der Waals surface area contributed by atoms with Crippen LogP contribution in [0.3, 0.4) is 0 Å². The minimum Gasteiger partial charge on any atom is -0.452 e. The standard InChI is InChI=1S/C19H18ClFN2O5S/c20-13-6-7-17(21)16(10-13)19(25)28-12-18(24)22-14-4-3-5-15(11-14)29(26,27)23-8-1-2-9-23/h3-7,10-11H,1-2,8-9,12H2,(H,22,24). The van der Waals surface area contributed by atoms with Crippen molar-refractivity contribution < 1.29 is 27.1 Å². The van der Waals surface area contributed by atoms with Crippen molar-refractivity contribution >= 4 is 39.2 Å². The maximum atomic E-state index is 13.7. The summed E-state index contributed by atoms with van der Waals surface area (Å²) in [5.74, 6) is -2.55. The van der Waals surface area contributed by atoms with E-state index in [1.54, 1.807) is 0 Å². The van der Waals surface area contributed by atoms with Crippen LogP contribution in [-0.4, -0.2) is 44.3 Å². The van der Waals surface area contributed by atoms with Gasteiger partial charge in [-0.3, -0.25) is 4.79 Å². The van der Waals surface area contributed by atoms with E-state index in [0.717, 1.165) is 25.0 Å². The van der Waals surface area contributed by atoms with Gasteiger partial charge in [-0.15, -0.1) is 0 Å². The van der Waals surface area contributed by atoms with Gasteiger partial charge in [0.25, 0.3) is 5.91 Å². The van der Waals surface area contributed by atoms with E-state index in [4.69, 9.17) is 16.3 Å². The van der Waals surface area contributed by atoms with Gasteiger partial charge in [0, 0.05) is 23.8 Å². The number of carbonyl (C=O) groups excluding carboxylic acids is 2. The van der Waals surface area contributed by atoms with E-state index >= 15 is 0 Å². The molecule has 0 atom stereocenters. The lowest BCUT2D eigenvalue weighted by atomic mass is 10.2. The van der Waals surface area contributed by atoms with Crippen molar-refractivity contribution in [1.29, 1.82) is 0 Å². The molecule has 0 unspecified atom stereocenters. The number of halogens is 2. The summed E-state index contributed by atoms with van der Waals surface area (Å²) < 4.78 is 45.1. The first kappa shape index (κ1) is 21.2. The number of nitrogens with one attached hydrogen (secondary N) is 1. The van der Waals surface area contributed by atoms with Gasteiger partial charge >= 0.3 is 5.97 Å². The minimum atomic E-state index is -3.63. The number of carbonyl (C=O) groups is 2. The fourth-order valence-corrected chi connectivity index (χ4v) is 4.61. The Morgan fingerprint density at radius 3 is 2.59 bits per heavy atom. The molecule has 1 saturated heterocycles. The summed E-state index contributed by atoms with van der Waals surface area (Å²) in [5.41, 5.74) is -0.149. The van der Waals surface area contributed by atoms with Crippen molar-refractivity contribution in [3.63, 3.8) is 0 Å². The van der Waals surface area contributed by atoms with Crippen LogP contribution in [0.2, 0.25) is 5.02 Å². The van der Waals surface area contributed by atoms with Crippen molar-refractivity contribution in [2.24, 2.45) is 0 Å². The SMILES string of the molecule is O=C(COC(=O)c1cc(Cl)ccc1F)Nc1cccc(S(=O)(=O)N2CCCC2)c1.